The highest BCUT2D eigenvalue weighted by atomic mass is 32.2. The van der Waals surface area contributed by atoms with Gasteiger partial charge in [0, 0.05) is 20.2 Å². The van der Waals surface area contributed by atoms with Gasteiger partial charge in [-0.15, -0.1) is 0 Å². The molecule has 0 amide bonds. The van der Waals surface area contributed by atoms with E-state index in [0.29, 0.717) is 19.4 Å². The normalized spacial score (nSPS) is 23.6. The molecule has 18 heavy (non-hydrogen) atoms. The topological polar surface area (TPSA) is 91.8 Å². The van der Waals surface area contributed by atoms with Gasteiger partial charge < -0.3 is 5.11 Å². The number of sulfone groups is 1. The molecule has 0 spiro atoms. The fourth-order valence-electron chi connectivity index (χ4n) is 2.00. The molecule has 0 saturated carbocycles. The van der Waals surface area contributed by atoms with E-state index in [1.54, 1.807) is 0 Å². The van der Waals surface area contributed by atoms with Gasteiger partial charge in [0.25, 0.3) is 0 Å². The highest BCUT2D eigenvalue weighted by Crippen LogP contribution is 2.21. The Morgan fingerprint density at radius 1 is 1.28 bits per heavy atom. The van der Waals surface area contributed by atoms with Crippen molar-refractivity contribution < 1.29 is 21.9 Å². The molecule has 1 unspecified atom stereocenters. The molecule has 8 heteroatoms. The van der Waals surface area contributed by atoms with Gasteiger partial charge in [0.2, 0.25) is 10.0 Å². The lowest BCUT2D eigenvalue weighted by molar-refractivity contribution is 0.281. The summed E-state index contributed by atoms with van der Waals surface area (Å²) in [6, 6.07) is 0. The van der Waals surface area contributed by atoms with Crippen LogP contribution in [0.15, 0.2) is 0 Å². The number of unbranched alkanes of at least 4 members (excludes halogenated alkanes) is 2. The monoisotopic (exact) mass is 299 g/mol. The van der Waals surface area contributed by atoms with Crippen molar-refractivity contribution in [1.29, 1.82) is 0 Å². The quantitative estimate of drug-likeness (QED) is 0.646. The highest BCUT2D eigenvalue weighted by Gasteiger charge is 2.38. The van der Waals surface area contributed by atoms with Gasteiger partial charge in [-0.3, -0.25) is 0 Å². The molecule has 0 aromatic carbocycles. The molecule has 0 aliphatic carbocycles. The fraction of sp³-hybridized carbons (Fsp3) is 1.00. The van der Waals surface area contributed by atoms with Crippen LogP contribution >= 0.6 is 0 Å². The zero-order valence-corrected chi connectivity index (χ0v) is 12.2. The van der Waals surface area contributed by atoms with Crippen molar-refractivity contribution in [1.82, 2.24) is 4.31 Å². The van der Waals surface area contributed by atoms with E-state index in [4.69, 9.17) is 5.11 Å². The Hall–Kier alpha value is -0.180. The Labute approximate surface area is 109 Å². The zero-order chi connectivity index (χ0) is 13.8. The van der Waals surface area contributed by atoms with Crippen molar-refractivity contribution in [2.75, 3.05) is 31.7 Å². The van der Waals surface area contributed by atoms with Crippen LogP contribution in [0.3, 0.4) is 0 Å². The second-order valence-corrected chi connectivity index (χ2v) is 9.22. The molecule has 0 aromatic heterocycles. The van der Waals surface area contributed by atoms with Gasteiger partial charge in [-0.05, 0) is 25.7 Å². The van der Waals surface area contributed by atoms with E-state index < -0.39 is 25.1 Å². The largest absolute Gasteiger partial charge is 0.396 e. The van der Waals surface area contributed by atoms with Crippen LogP contribution in [0.2, 0.25) is 0 Å². The SMILES string of the molecule is CN(CCCCCO)S(=O)(=O)C1CCS(=O)(=O)C1. The third-order valence-electron chi connectivity index (χ3n) is 3.18. The van der Waals surface area contributed by atoms with Crippen LogP contribution in [-0.4, -0.2) is 63.2 Å². The maximum atomic E-state index is 12.1. The third kappa shape index (κ3) is 4.18. The van der Waals surface area contributed by atoms with Crippen LogP contribution in [-0.2, 0) is 19.9 Å². The Balaban J connectivity index is 2.53. The summed E-state index contributed by atoms with van der Waals surface area (Å²) in [5, 5.41) is 7.84. The first-order valence-corrected chi connectivity index (χ1v) is 9.38. The van der Waals surface area contributed by atoms with Gasteiger partial charge in [-0.2, -0.15) is 0 Å². The Morgan fingerprint density at radius 3 is 2.44 bits per heavy atom. The molecule has 1 N–H and O–H groups in total. The molecule has 1 fully saturated rings. The zero-order valence-electron chi connectivity index (χ0n) is 10.6. The molecule has 108 valence electrons. The van der Waals surface area contributed by atoms with Crippen molar-refractivity contribution in [3.05, 3.63) is 0 Å². The minimum Gasteiger partial charge on any atom is -0.396 e. The Bertz CT molecular complexity index is 457. The lowest BCUT2D eigenvalue weighted by Gasteiger charge is -2.20. The molecule has 0 bridgehead atoms. The molecule has 0 aromatic rings. The summed E-state index contributed by atoms with van der Waals surface area (Å²) < 4.78 is 48.0. The average molecular weight is 299 g/mol. The second-order valence-electron chi connectivity index (χ2n) is 4.68. The molecular formula is C10H21NO5S2. The van der Waals surface area contributed by atoms with Gasteiger partial charge in [0.1, 0.15) is 0 Å². The minimum atomic E-state index is -3.51. The minimum absolute atomic E-state index is 0.0325. The molecule has 1 aliphatic heterocycles. The van der Waals surface area contributed by atoms with E-state index in [1.165, 1.54) is 11.4 Å². The molecule has 1 rings (SSSR count). The van der Waals surface area contributed by atoms with E-state index in [0.717, 1.165) is 6.42 Å². The summed E-state index contributed by atoms with van der Waals surface area (Å²) in [4.78, 5) is 0. The number of nitrogens with zero attached hydrogens (tertiary/aromatic N) is 1. The molecule has 1 saturated heterocycles. The number of aliphatic hydroxyl groups is 1. The van der Waals surface area contributed by atoms with Gasteiger partial charge in [-0.1, -0.05) is 0 Å². The summed E-state index contributed by atoms with van der Waals surface area (Å²) in [5.41, 5.74) is 0. The van der Waals surface area contributed by atoms with Gasteiger partial charge in [-0.25, -0.2) is 21.1 Å². The van der Waals surface area contributed by atoms with Crippen LogP contribution < -0.4 is 0 Å². The first-order valence-electron chi connectivity index (χ1n) is 6.06. The predicted molar refractivity (Wildman–Crippen MR) is 69.5 cm³/mol. The Morgan fingerprint density at radius 2 is 1.94 bits per heavy atom. The van der Waals surface area contributed by atoms with Crippen LogP contribution in [0.25, 0.3) is 0 Å². The molecular weight excluding hydrogens is 278 g/mol. The summed E-state index contributed by atoms with van der Waals surface area (Å²) in [7, 11) is -5.20. The lowest BCUT2D eigenvalue weighted by Crippen LogP contribution is -2.37. The van der Waals surface area contributed by atoms with E-state index in [1.807, 2.05) is 0 Å². The molecule has 1 heterocycles. The number of hydrogen-bond acceptors (Lipinski definition) is 5. The van der Waals surface area contributed by atoms with Crippen molar-refractivity contribution in [2.45, 2.75) is 30.9 Å². The first-order chi connectivity index (χ1) is 8.29. The van der Waals surface area contributed by atoms with Crippen molar-refractivity contribution in [2.24, 2.45) is 0 Å². The molecule has 6 nitrogen and oxygen atoms in total. The van der Waals surface area contributed by atoms with E-state index in [-0.39, 0.29) is 24.5 Å². The number of rotatable bonds is 7. The average Bonchev–Trinajstić information content (AvgIpc) is 2.65. The molecule has 0 radical (unpaired) electrons. The number of hydrogen-bond donors (Lipinski definition) is 1. The van der Waals surface area contributed by atoms with Crippen LogP contribution in [0, 0.1) is 0 Å². The van der Waals surface area contributed by atoms with E-state index >= 15 is 0 Å². The maximum absolute atomic E-state index is 12.1. The maximum Gasteiger partial charge on any atom is 0.217 e. The predicted octanol–water partition coefficient (Wildman–Crippen LogP) is -0.402. The summed E-state index contributed by atoms with van der Waals surface area (Å²) in [6.45, 7) is 0.482. The highest BCUT2D eigenvalue weighted by molar-refractivity contribution is 7.95. The summed E-state index contributed by atoms with van der Waals surface area (Å²) in [5.74, 6) is -0.286. The smallest absolute Gasteiger partial charge is 0.217 e. The van der Waals surface area contributed by atoms with Crippen LogP contribution in [0.1, 0.15) is 25.7 Å². The summed E-state index contributed by atoms with van der Waals surface area (Å²) in [6.07, 6.45) is 2.30. The third-order valence-corrected chi connectivity index (χ3v) is 7.45. The summed E-state index contributed by atoms with van der Waals surface area (Å²) >= 11 is 0. The standard InChI is InChI=1S/C10H21NO5S2/c1-11(6-3-2-4-7-12)18(15,16)10-5-8-17(13,14)9-10/h10,12H,2-9H2,1H3. The van der Waals surface area contributed by atoms with Crippen LogP contribution in [0.5, 0.6) is 0 Å². The molecule has 1 atom stereocenters. The van der Waals surface area contributed by atoms with Crippen molar-refractivity contribution in [3.8, 4) is 0 Å². The van der Waals surface area contributed by atoms with E-state index in [9.17, 15) is 16.8 Å². The molecule has 1 aliphatic rings. The first kappa shape index (κ1) is 15.9. The fourth-order valence-corrected chi connectivity index (χ4v) is 6.31. The lowest BCUT2D eigenvalue weighted by atomic mass is 10.2. The second kappa shape index (κ2) is 6.31. The van der Waals surface area contributed by atoms with Crippen LogP contribution in [0.4, 0.5) is 0 Å². The number of aliphatic hydroxyl groups excluding tert-OH is 1. The Kier molecular flexibility index (Phi) is 5.57. The van der Waals surface area contributed by atoms with Crippen molar-refractivity contribution in [3.63, 3.8) is 0 Å². The van der Waals surface area contributed by atoms with Gasteiger partial charge in [0.05, 0.1) is 16.8 Å². The van der Waals surface area contributed by atoms with Gasteiger partial charge in [0.15, 0.2) is 9.84 Å². The van der Waals surface area contributed by atoms with Crippen molar-refractivity contribution >= 4 is 19.9 Å². The van der Waals surface area contributed by atoms with E-state index in [2.05, 4.69) is 0 Å². The van der Waals surface area contributed by atoms with Gasteiger partial charge >= 0.3 is 0 Å². The number of sulfonamides is 1.